The van der Waals surface area contributed by atoms with E-state index >= 15 is 0 Å². The molecule has 35 heavy (non-hydrogen) atoms. The van der Waals surface area contributed by atoms with Crippen LogP contribution in [0.5, 0.6) is 5.75 Å². The van der Waals surface area contributed by atoms with Crippen molar-refractivity contribution in [1.82, 2.24) is 4.90 Å². The Morgan fingerprint density at radius 1 is 1.06 bits per heavy atom. The van der Waals surface area contributed by atoms with Crippen LogP contribution in [0.3, 0.4) is 0 Å². The second-order valence-corrected chi connectivity index (χ2v) is 11.5. The fourth-order valence-corrected chi connectivity index (χ4v) is 5.83. The van der Waals surface area contributed by atoms with Crippen LogP contribution in [0, 0.1) is 5.92 Å². The number of nitrogens with zero attached hydrogens (tertiary/aromatic N) is 1. The number of halogens is 4. The number of alkyl halides is 3. The predicted octanol–water partition coefficient (Wildman–Crippen LogP) is 6.22. The van der Waals surface area contributed by atoms with Gasteiger partial charge in [-0.2, -0.15) is 13.2 Å². The molecular weight excluding hydrogens is 507 g/mol. The molecule has 6 nitrogen and oxygen atoms in total. The van der Waals surface area contributed by atoms with E-state index in [0.29, 0.717) is 32.0 Å². The molecule has 0 atom stereocenters. The minimum absolute atomic E-state index is 0.00545. The van der Waals surface area contributed by atoms with Crippen molar-refractivity contribution in [1.29, 1.82) is 0 Å². The first kappa shape index (κ1) is 27.1. The number of carbonyl (C=O) groups is 1. The van der Waals surface area contributed by atoms with E-state index in [4.69, 9.17) is 21.1 Å². The van der Waals surface area contributed by atoms with Crippen LogP contribution >= 0.6 is 11.6 Å². The van der Waals surface area contributed by atoms with Crippen molar-refractivity contribution in [3.05, 3.63) is 53.1 Å². The Morgan fingerprint density at radius 3 is 2.26 bits per heavy atom. The van der Waals surface area contributed by atoms with E-state index in [9.17, 15) is 26.4 Å². The first-order chi connectivity index (χ1) is 16.2. The Morgan fingerprint density at radius 2 is 1.69 bits per heavy atom. The largest absolute Gasteiger partial charge is 0.492 e. The van der Waals surface area contributed by atoms with Crippen molar-refractivity contribution in [3.63, 3.8) is 0 Å². The summed E-state index contributed by atoms with van der Waals surface area (Å²) in [6, 6.07) is 8.33. The Hall–Kier alpha value is -2.46. The predicted molar refractivity (Wildman–Crippen MR) is 124 cm³/mol. The van der Waals surface area contributed by atoms with Gasteiger partial charge in [-0.25, -0.2) is 13.2 Å². The number of piperidine rings is 1. The van der Waals surface area contributed by atoms with E-state index < -0.39 is 48.8 Å². The smallest absolute Gasteiger partial charge is 0.417 e. The second-order valence-electron chi connectivity index (χ2n) is 9.29. The van der Waals surface area contributed by atoms with E-state index in [2.05, 4.69) is 0 Å². The van der Waals surface area contributed by atoms with Gasteiger partial charge in [-0.05, 0) is 63.8 Å². The summed E-state index contributed by atoms with van der Waals surface area (Å²) in [7, 11) is -4.65. The molecule has 3 rings (SSSR count). The number of likely N-dealkylation sites (tertiary alicyclic amines) is 1. The summed E-state index contributed by atoms with van der Waals surface area (Å²) in [5, 5.41) is -0.190. The number of benzene rings is 2. The number of sulfone groups is 1. The average molecular weight is 534 g/mol. The zero-order valence-corrected chi connectivity index (χ0v) is 21.1. The highest BCUT2D eigenvalue weighted by Gasteiger charge is 2.40. The lowest BCUT2D eigenvalue weighted by molar-refractivity contribution is -0.140. The summed E-state index contributed by atoms with van der Waals surface area (Å²) in [6.07, 6.45) is -4.29. The van der Waals surface area contributed by atoms with Crippen LogP contribution in [0.15, 0.2) is 52.3 Å². The monoisotopic (exact) mass is 533 g/mol. The van der Waals surface area contributed by atoms with Gasteiger partial charge in [0.15, 0.2) is 0 Å². The SMILES string of the molecule is CC(C)(C)OC(=O)N1CCC(COc2cccc(C(F)(F)F)c2S(=O)(=O)c2ccccc2Cl)CC1. The molecule has 1 aliphatic heterocycles. The van der Waals surface area contributed by atoms with Crippen molar-refractivity contribution in [2.24, 2.45) is 5.92 Å². The minimum atomic E-state index is -4.93. The van der Waals surface area contributed by atoms with Gasteiger partial charge in [-0.3, -0.25) is 0 Å². The quantitative estimate of drug-likeness (QED) is 0.456. The first-order valence-electron chi connectivity index (χ1n) is 11.0. The lowest BCUT2D eigenvalue weighted by atomic mass is 9.98. The summed E-state index contributed by atoms with van der Waals surface area (Å²) < 4.78 is 79.1. The molecule has 1 fully saturated rings. The third kappa shape index (κ3) is 6.61. The molecule has 2 aromatic rings. The third-order valence-electron chi connectivity index (χ3n) is 5.42. The zero-order chi connectivity index (χ0) is 26.0. The van der Waals surface area contributed by atoms with E-state index in [1.54, 1.807) is 25.7 Å². The number of hydrogen-bond acceptors (Lipinski definition) is 5. The van der Waals surface area contributed by atoms with Gasteiger partial charge >= 0.3 is 12.3 Å². The molecule has 2 aromatic carbocycles. The maximum Gasteiger partial charge on any atom is 0.417 e. The standard InChI is InChI=1S/C24H27ClF3NO5S/c1-23(2,3)34-22(30)29-13-11-16(12-14-29)15-33-19-9-6-7-17(24(26,27)28)21(19)35(31,32)20-10-5-4-8-18(20)25/h4-10,16H,11-15H2,1-3H3. The van der Waals surface area contributed by atoms with Crippen molar-refractivity contribution in [2.45, 2.75) is 55.2 Å². The van der Waals surface area contributed by atoms with E-state index in [-0.39, 0.29) is 17.5 Å². The van der Waals surface area contributed by atoms with Crippen LogP contribution in [0.2, 0.25) is 5.02 Å². The fraction of sp³-hybridized carbons (Fsp3) is 0.458. The number of hydrogen-bond donors (Lipinski definition) is 0. The molecule has 11 heteroatoms. The second kappa shape index (κ2) is 10.3. The fourth-order valence-electron chi connectivity index (χ4n) is 3.72. The van der Waals surface area contributed by atoms with Gasteiger partial charge in [-0.1, -0.05) is 29.8 Å². The lowest BCUT2D eigenvalue weighted by Crippen LogP contribution is -2.42. The van der Waals surface area contributed by atoms with Crippen LogP contribution in [0.4, 0.5) is 18.0 Å². The maximum absolute atomic E-state index is 13.8. The topological polar surface area (TPSA) is 72.9 Å². The van der Waals surface area contributed by atoms with E-state index in [1.807, 2.05) is 0 Å². The summed E-state index contributed by atoms with van der Waals surface area (Å²) in [5.41, 5.74) is -1.95. The Balaban J connectivity index is 1.82. The number of amides is 1. The van der Waals surface area contributed by atoms with E-state index in [0.717, 1.165) is 12.1 Å². The Bertz CT molecular complexity index is 1170. The molecule has 1 heterocycles. The normalized spacial score (nSPS) is 15.7. The lowest BCUT2D eigenvalue weighted by Gasteiger charge is -2.33. The summed E-state index contributed by atoms with van der Waals surface area (Å²) >= 11 is 6.01. The molecule has 0 aromatic heterocycles. The van der Waals surface area contributed by atoms with Crippen molar-refractivity contribution >= 4 is 27.5 Å². The van der Waals surface area contributed by atoms with Gasteiger partial charge in [-0.15, -0.1) is 0 Å². The number of carbonyl (C=O) groups excluding carboxylic acids is 1. The molecule has 0 spiro atoms. The van der Waals surface area contributed by atoms with Gasteiger partial charge < -0.3 is 14.4 Å². The third-order valence-corrected chi connectivity index (χ3v) is 7.76. The first-order valence-corrected chi connectivity index (χ1v) is 12.9. The minimum Gasteiger partial charge on any atom is -0.492 e. The molecule has 1 saturated heterocycles. The van der Waals surface area contributed by atoms with E-state index in [1.165, 1.54) is 24.3 Å². The van der Waals surface area contributed by atoms with Crippen molar-refractivity contribution in [3.8, 4) is 5.75 Å². The Labute approximate surface area is 207 Å². The average Bonchev–Trinajstić information content (AvgIpc) is 2.76. The summed E-state index contributed by atoms with van der Waals surface area (Å²) in [4.78, 5) is 12.4. The van der Waals surface area contributed by atoms with Gasteiger partial charge in [0.2, 0.25) is 9.84 Å². The molecule has 0 radical (unpaired) electrons. The molecule has 1 aliphatic rings. The molecular formula is C24H27ClF3NO5S. The molecule has 0 bridgehead atoms. The maximum atomic E-state index is 13.8. The van der Waals surface area contributed by atoms with Gasteiger partial charge in [0.05, 0.1) is 22.1 Å². The summed E-state index contributed by atoms with van der Waals surface area (Å²) in [5.74, 6) is -0.478. The highest BCUT2D eigenvalue weighted by molar-refractivity contribution is 7.91. The highest BCUT2D eigenvalue weighted by atomic mass is 35.5. The molecule has 0 saturated carbocycles. The Kier molecular flexibility index (Phi) is 7.96. The molecule has 192 valence electrons. The van der Waals surface area contributed by atoms with Crippen LogP contribution in [0.1, 0.15) is 39.2 Å². The molecule has 0 unspecified atom stereocenters. The molecule has 0 aliphatic carbocycles. The van der Waals surface area contributed by atoms with Gasteiger partial charge in [0, 0.05) is 13.1 Å². The van der Waals surface area contributed by atoms with Gasteiger partial charge in [0.1, 0.15) is 16.2 Å². The summed E-state index contributed by atoms with van der Waals surface area (Å²) in [6.45, 7) is 6.11. The van der Waals surface area contributed by atoms with Crippen LogP contribution < -0.4 is 4.74 Å². The van der Waals surface area contributed by atoms with Crippen LogP contribution in [-0.4, -0.2) is 44.7 Å². The zero-order valence-electron chi connectivity index (χ0n) is 19.6. The number of rotatable bonds is 5. The number of ether oxygens (including phenoxy) is 2. The van der Waals surface area contributed by atoms with Crippen LogP contribution in [0.25, 0.3) is 0 Å². The van der Waals surface area contributed by atoms with Gasteiger partial charge in [0.25, 0.3) is 0 Å². The molecule has 0 N–H and O–H groups in total. The van der Waals surface area contributed by atoms with Crippen molar-refractivity contribution < 1.29 is 35.9 Å². The van der Waals surface area contributed by atoms with Crippen LogP contribution in [-0.2, 0) is 20.8 Å². The molecule has 1 amide bonds. The highest BCUT2D eigenvalue weighted by Crippen LogP contribution is 2.42. The van der Waals surface area contributed by atoms with Crippen molar-refractivity contribution in [2.75, 3.05) is 19.7 Å².